The van der Waals surface area contributed by atoms with Crippen LogP contribution in [0.3, 0.4) is 0 Å². The average Bonchev–Trinajstić information content (AvgIpc) is 2.63. The fourth-order valence-corrected chi connectivity index (χ4v) is 2.80. The summed E-state index contributed by atoms with van der Waals surface area (Å²) in [4.78, 5) is 0. The molecule has 2 aromatic rings. The van der Waals surface area contributed by atoms with Crippen molar-refractivity contribution in [2.45, 2.75) is 20.3 Å². The molecule has 0 unspecified atom stereocenters. The van der Waals surface area contributed by atoms with Crippen molar-refractivity contribution in [2.24, 2.45) is 5.92 Å². The van der Waals surface area contributed by atoms with Crippen LogP contribution < -0.4 is 0 Å². The summed E-state index contributed by atoms with van der Waals surface area (Å²) in [7, 11) is 0. The lowest BCUT2D eigenvalue weighted by molar-refractivity contribution is 0.647. The van der Waals surface area contributed by atoms with Crippen LogP contribution in [0.2, 0.25) is 0 Å². The van der Waals surface area contributed by atoms with E-state index < -0.39 is 0 Å². The van der Waals surface area contributed by atoms with Crippen molar-refractivity contribution >= 4 is 5.57 Å². The second-order valence-electron chi connectivity index (χ2n) is 5.50. The van der Waals surface area contributed by atoms with Crippen LogP contribution in [0.25, 0.3) is 16.7 Å². The smallest absolute Gasteiger partial charge is 0.00964 e. The van der Waals surface area contributed by atoms with E-state index in [1.165, 1.54) is 27.8 Å². The molecule has 0 amide bonds. The molecular formula is C18H18. The Morgan fingerprint density at radius 1 is 0.889 bits per heavy atom. The van der Waals surface area contributed by atoms with Crippen LogP contribution in [0.5, 0.6) is 0 Å². The molecule has 0 spiro atoms. The first-order chi connectivity index (χ1) is 8.66. The molecule has 18 heavy (non-hydrogen) atoms. The SMILES string of the molecule is C=C1c2ccccc2-c2cc(CC(C)C)ccc21. The molecule has 0 N–H and O–H groups in total. The third-order valence-electron chi connectivity index (χ3n) is 3.60. The van der Waals surface area contributed by atoms with Crippen molar-refractivity contribution in [2.75, 3.05) is 0 Å². The van der Waals surface area contributed by atoms with Gasteiger partial charge in [0.25, 0.3) is 0 Å². The zero-order valence-corrected chi connectivity index (χ0v) is 11.0. The van der Waals surface area contributed by atoms with E-state index in [2.05, 4.69) is 62.9 Å². The normalized spacial score (nSPS) is 12.7. The number of benzene rings is 2. The summed E-state index contributed by atoms with van der Waals surface area (Å²) in [5.41, 5.74) is 7.86. The summed E-state index contributed by atoms with van der Waals surface area (Å²) < 4.78 is 0. The van der Waals surface area contributed by atoms with Gasteiger partial charge in [-0.2, -0.15) is 0 Å². The maximum absolute atomic E-state index is 4.23. The molecule has 2 aromatic carbocycles. The monoisotopic (exact) mass is 234 g/mol. The fourth-order valence-electron chi connectivity index (χ4n) is 2.80. The summed E-state index contributed by atoms with van der Waals surface area (Å²) >= 11 is 0. The number of hydrogen-bond donors (Lipinski definition) is 0. The molecule has 0 heteroatoms. The van der Waals surface area contributed by atoms with E-state index in [-0.39, 0.29) is 0 Å². The molecule has 0 radical (unpaired) electrons. The summed E-state index contributed by atoms with van der Waals surface area (Å²) in [6, 6.07) is 15.4. The molecule has 0 nitrogen and oxygen atoms in total. The van der Waals surface area contributed by atoms with Crippen LogP contribution in [0.15, 0.2) is 49.0 Å². The van der Waals surface area contributed by atoms with E-state index in [9.17, 15) is 0 Å². The summed E-state index contributed by atoms with van der Waals surface area (Å²) in [5, 5.41) is 0. The van der Waals surface area contributed by atoms with Crippen LogP contribution >= 0.6 is 0 Å². The van der Waals surface area contributed by atoms with Crippen LogP contribution in [0.4, 0.5) is 0 Å². The van der Waals surface area contributed by atoms with Crippen molar-refractivity contribution in [1.82, 2.24) is 0 Å². The minimum Gasteiger partial charge on any atom is -0.0905 e. The van der Waals surface area contributed by atoms with Crippen LogP contribution in [-0.2, 0) is 6.42 Å². The molecule has 0 saturated carbocycles. The molecule has 0 aromatic heterocycles. The molecule has 90 valence electrons. The molecule has 0 saturated heterocycles. The van der Waals surface area contributed by atoms with Gasteiger partial charge in [0.15, 0.2) is 0 Å². The Labute approximate surface area is 109 Å². The fraction of sp³-hybridized carbons (Fsp3) is 0.222. The lowest BCUT2D eigenvalue weighted by Gasteiger charge is -2.08. The largest absolute Gasteiger partial charge is 0.0905 e. The molecule has 3 rings (SSSR count). The van der Waals surface area contributed by atoms with Crippen LogP contribution in [0.1, 0.15) is 30.5 Å². The van der Waals surface area contributed by atoms with E-state index in [0.717, 1.165) is 12.0 Å². The topological polar surface area (TPSA) is 0 Å². The van der Waals surface area contributed by atoms with Crippen molar-refractivity contribution in [1.29, 1.82) is 0 Å². The first-order valence-electron chi connectivity index (χ1n) is 6.59. The number of rotatable bonds is 2. The second-order valence-corrected chi connectivity index (χ2v) is 5.50. The highest BCUT2D eigenvalue weighted by atomic mass is 14.2. The highest BCUT2D eigenvalue weighted by Crippen LogP contribution is 2.43. The Morgan fingerprint density at radius 2 is 1.56 bits per heavy atom. The Balaban J connectivity index is 2.14. The van der Waals surface area contributed by atoms with Crippen molar-refractivity contribution in [3.63, 3.8) is 0 Å². The van der Waals surface area contributed by atoms with E-state index in [1.54, 1.807) is 0 Å². The highest BCUT2D eigenvalue weighted by Gasteiger charge is 2.21. The predicted octanol–water partition coefficient (Wildman–Crippen LogP) is 4.93. The molecule has 0 atom stereocenters. The first kappa shape index (κ1) is 11.3. The van der Waals surface area contributed by atoms with Crippen LogP contribution in [0, 0.1) is 5.92 Å². The van der Waals surface area contributed by atoms with Gasteiger partial charge >= 0.3 is 0 Å². The van der Waals surface area contributed by atoms with E-state index in [0.29, 0.717) is 5.92 Å². The van der Waals surface area contributed by atoms with Gasteiger partial charge in [-0.1, -0.05) is 62.9 Å². The Hall–Kier alpha value is -1.82. The molecule has 1 aliphatic rings. The van der Waals surface area contributed by atoms with Gasteiger partial charge in [-0.25, -0.2) is 0 Å². The molecule has 0 heterocycles. The first-order valence-corrected chi connectivity index (χ1v) is 6.59. The number of fused-ring (bicyclic) bond motifs is 3. The highest BCUT2D eigenvalue weighted by molar-refractivity contribution is 6.00. The quantitative estimate of drug-likeness (QED) is 0.590. The van der Waals surface area contributed by atoms with Crippen molar-refractivity contribution in [3.05, 3.63) is 65.7 Å². The van der Waals surface area contributed by atoms with E-state index >= 15 is 0 Å². The zero-order valence-electron chi connectivity index (χ0n) is 11.0. The number of hydrogen-bond acceptors (Lipinski definition) is 0. The lowest BCUT2D eigenvalue weighted by atomic mass is 9.97. The van der Waals surface area contributed by atoms with Crippen molar-refractivity contribution in [3.8, 4) is 11.1 Å². The van der Waals surface area contributed by atoms with Gasteiger partial charge < -0.3 is 0 Å². The van der Waals surface area contributed by atoms with Gasteiger partial charge in [-0.15, -0.1) is 0 Å². The maximum atomic E-state index is 4.23. The van der Waals surface area contributed by atoms with Gasteiger partial charge in [0, 0.05) is 0 Å². The van der Waals surface area contributed by atoms with Gasteiger partial charge in [0.05, 0.1) is 0 Å². The van der Waals surface area contributed by atoms with Crippen LogP contribution in [-0.4, -0.2) is 0 Å². The third kappa shape index (κ3) is 1.69. The molecule has 0 aliphatic heterocycles. The van der Waals surface area contributed by atoms with Gasteiger partial charge in [-0.05, 0) is 45.7 Å². The Bertz CT molecular complexity index is 618. The van der Waals surface area contributed by atoms with Crippen molar-refractivity contribution < 1.29 is 0 Å². The predicted molar refractivity (Wildman–Crippen MR) is 78.6 cm³/mol. The third-order valence-corrected chi connectivity index (χ3v) is 3.60. The zero-order chi connectivity index (χ0) is 12.7. The average molecular weight is 234 g/mol. The summed E-state index contributed by atoms with van der Waals surface area (Å²) in [6.45, 7) is 8.76. The molecule has 0 fully saturated rings. The van der Waals surface area contributed by atoms with Gasteiger partial charge in [-0.3, -0.25) is 0 Å². The molecule has 1 aliphatic carbocycles. The van der Waals surface area contributed by atoms with Gasteiger partial charge in [0.2, 0.25) is 0 Å². The standard InChI is InChI=1S/C18H18/c1-12(2)10-14-8-9-16-13(3)15-6-4-5-7-17(15)18(16)11-14/h4-9,11-12H,3,10H2,1-2H3. The minimum absolute atomic E-state index is 0.697. The molecule has 0 bridgehead atoms. The minimum atomic E-state index is 0.697. The second kappa shape index (κ2) is 4.13. The molecular weight excluding hydrogens is 216 g/mol. The summed E-state index contributed by atoms with van der Waals surface area (Å²) in [6.07, 6.45) is 1.14. The van der Waals surface area contributed by atoms with E-state index in [1.807, 2.05) is 0 Å². The lowest BCUT2D eigenvalue weighted by Crippen LogP contribution is -1.94. The van der Waals surface area contributed by atoms with Gasteiger partial charge in [0.1, 0.15) is 0 Å². The Kier molecular flexibility index (Phi) is 2.59. The maximum Gasteiger partial charge on any atom is -0.00964 e. The van der Waals surface area contributed by atoms with E-state index in [4.69, 9.17) is 0 Å². The Morgan fingerprint density at radius 3 is 2.28 bits per heavy atom. The summed E-state index contributed by atoms with van der Waals surface area (Å²) in [5.74, 6) is 0.697.